The second kappa shape index (κ2) is 4.79. The van der Waals surface area contributed by atoms with Crippen LogP contribution in [0.4, 0.5) is 4.79 Å². The number of ether oxygens (including phenoxy) is 1. The van der Waals surface area contributed by atoms with Crippen molar-refractivity contribution in [2.75, 3.05) is 13.0 Å². The molecule has 0 aliphatic carbocycles. The van der Waals surface area contributed by atoms with E-state index in [4.69, 9.17) is 17.3 Å². The third kappa shape index (κ3) is 3.67. The van der Waals surface area contributed by atoms with Crippen molar-refractivity contribution in [1.82, 2.24) is 5.32 Å². The maximum absolute atomic E-state index is 10.7. The van der Waals surface area contributed by atoms with Crippen molar-refractivity contribution in [3.8, 4) is 0 Å². The average Bonchev–Trinajstić information content (AvgIpc) is 1.98. The first-order valence-electron chi connectivity index (χ1n) is 2.81. The number of hydrogen-bond donors (Lipinski definition) is 2. The summed E-state index contributed by atoms with van der Waals surface area (Å²) in [4.78, 5) is 20.9. The van der Waals surface area contributed by atoms with Crippen LogP contribution in [-0.4, -0.2) is 31.0 Å². The van der Waals surface area contributed by atoms with Crippen molar-refractivity contribution in [3.63, 3.8) is 0 Å². The van der Waals surface area contributed by atoms with E-state index in [2.05, 4.69) is 10.1 Å². The monoisotopic (exact) mass is 180 g/mol. The molecule has 0 aliphatic rings. The molecule has 0 bridgehead atoms. The molecule has 0 rings (SSSR count). The van der Waals surface area contributed by atoms with Gasteiger partial charge in [0.2, 0.25) is 0 Å². The molecule has 0 radical (unpaired) electrons. The summed E-state index contributed by atoms with van der Waals surface area (Å²) in [6.45, 7) is 0. The minimum atomic E-state index is -0.862. The number of halogens is 1. The van der Waals surface area contributed by atoms with Crippen molar-refractivity contribution in [3.05, 3.63) is 0 Å². The zero-order chi connectivity index (χ0) is 8.85. The van der Waals surface area contributed by atoms with E-state index in [0.29, 0.717) is 0 Å². The van der Waals surface area contributed by atoms with E-state index in [1.807, 2.05) is 0 Å². The topological polar surface area (TPSA) is 81.4 Å². The number of urea groups is 1. The van der Waals surface area contributed by atoms with Crippen molar-refractivity contribution in [1.29, 1.82) is 0 Å². The van der Waals surface area contributed by atoms with Gasteiger partial charge in [0.1, 0.15) is 6.04 Å². The number of hydrogen-bond acceptors (Lipinski definition) is 3. The van der Waals surface area contributed by atoms with E-state index >= 15 is 0 Å². The van der Waals surface area contributed by atoms with E-state index in [9.17, 15) is 9.59 Å². The van der Waals surface area contributed by atoms with Crippen LogP contribution in [0.3, 0.4) is 0 Å². The molecule has 1 unspecified atom stereocenters. The van der Waals surface area contributed by atoms with Crippen molar-refractivity contribution >= 4 is 23.6 Å². The molecule has 1 atom stereocenters. The molecule has 11 heavy (non-hydrogen) atoms. The van der Waals surface area contributed by atoms with Crippen LogP contribution in [0.5, 0.6) is 0 Å². The molecule has 0 spiro atoms. The minimum Gasteiger partial charge on any atom is -0.467 e. The summed E-state index contributed by atoms with van der Waals surface area (Å²) in [5.41, 5.74) is 4.74. The van der Waals surface area contributed by atoms with Gasteiger partial charge in [-0.15, -0.1) is 11.6 Å². The predicted molar refractivity (Wildman–Crippen MR) is 39.2 cm³/mol. The molecule has 64 valence electrons. The van der Waals surface area contributed by atoms with Gasteiger partial charge in [0, 0.05) is 0 Å². The summed E-state index contributed by atoms with van der Waals surface area (Å²) in [7, 11) is 1.20. The maximum atomic E-state index is 10.7. The van der Waals surface area contributed by atoms with Gasteiger partial charge in [0.05, 0.1) is 13.0 Å². The molecule has 0 aliphatic heterocycles. The van der Waals surface area contributed by atoms with E-state index < -0.39 is 18.0 Å². The lowest BCUT2D eigenvalue weighted by Crippen LogP contribution is -2.45. The molecule has 0 fully saturated rings. The number of alkyl halides is 1. The molecule has 5 nitrogen and oxygen atoms in total. The maximum Gasteiger partial charge on any atom is 0.329 e. The lowest BCUT2D eigenvalue weighted by molar-refractivity contribution is -0.142. The second-order valence-electron chi connectivity index (χ2n) is 1.74. The molecule has 6 heteroatoms. The first-order chi connectivity index (χ1) is 5.11. The van der Waals surface area contributed by atoms with Crippen LogP contribution in [0.25, 0.3) is 0 Å². The third-order valence-electron chi connectivity index (χ3n) is 0.956. The van der Waals surface area contributed by atoms with Crippen LogP contribution in [0.1, 0.15) is 0 Å². The van der Waals surface area contributed by atoms with E-state index in [-0.39, 0.29) is 5.88 Å². The van der Waals surface area contributed by atoms with Crippen LogP contribution in [0.15, 0.2) is 0 Å². The summed E-state index contributed by atoms with van der Waals surface area (Å²) in [5, 5.41) is 2.11. The van der Waals surface area contributed by atoms with Crippen LogP contribution in [-0.2, 0) is 9.53 Å². The van der Waals surface area contributed by atoms with E-state index in [1.165, 1.54) is 7.11 Å². The van der Waals surface area contributed by atoms with Crippen LogP contribution in [0, 0.1) is 0 Å². The Balaban J connectivity index is 3.94. The first kappa shape index (κ1) is 10.0. The number of primary amides is 1. The molecule has 0 aromatic carbocycles. The van der Waals surface area contributed by atoms with Gasteiger partial charge < -0.3 is 15.8 Å². The average molecular weight is 181 g/mol. The van der Waals surface area contributed by atoms with Crippen molar-refractivity contribution < 1.29 is 14.3 Å². The number of amides is 2. The zero-order valence-electron chi connectivity index (χ0n) is 5.96. The summed E-state index contributed by atoms with van der Waals surface area (Å²) in [5.74, 6) is -0.672. The summed E-state index contributed by atoms with van der Waals surface area (Å²) in [6.07, 6.45) is 0. The van der Waals surface area contributed by atoms with Gasteiger partial charge in [-0.2, -0.15) is 0 Å². The lowest BCUT2D eigenvalue weighted by Gasteiger charge is -2.10. The van der Waals surface area contributed by atoms with Crippen LogP contribution >= 0.6 is 11.6 Å². The second-order valence-corrected chi connectivity index (χ2v) is 2.05. The summed E-state index contributed by atoms with van der Waals surface area (Å²) in [6, 6.07) is -1.67. The number of esters is 1. The molecule has 2 amide bonds. The SMILES string of the molecule is COC(=O)C(CCl)NC(N)=O. The number of nitrogens with two attached hydrogens (primary N) is 1. The fourth-order valence-corrected chi connectivity index (χ4v) is 0.678. The highest BCUT2D eigenvalue weighted by Gasteiger charge is 2.18. The van der Waals surface area contributed by atoms with Gasteiger partial charge in [-0.25, -0.2) is 9.59 Å². The Kier molecular flexibility index (Phi) is 4.36. The first-order valence-corrected chi connectivity index (χ1v) is 3.35. The molecule has 0 aromatic heterocycles. The molecule has 0 aromatic rings. The van der Waals surface area contributed by atoms with Gasteiger partial charge in [-0.3, -0.25) is 0 Å². The van der Waals surface area contributed by atoms with E-state index in [1.54, 1.807) is 0 Å². The van der Waals surface area contributed by atoms with Crippen molar-refractivity contribution in [2.45, 2.75) is 6.04 Å². The van der Waals surface area contributed by atoms with Gasteiger partial charge in [0.15, 0.2) is 0 Å². The molecular formula is C5H9ClN2O3. The third-order valence-corrected chi connectivity index (χ3v) is 1.27. The highest BCUT2D eigenvalue weighted by molar-refractivity contribution is 6.19. The number of carbonyl (C=O) groups is 2. The van der Waals surface area contributed by atoms with Gasteiger partial charge in [0.25, 0.3) is 0 Å². The molecular weight excluding hydrogens is 172 g/mol. The van der Waals surface area contributed by atoms with E-state index in [0.717, 1.165) is 0 Å². The van der Waals surface area contributed by atoms with Crippen LogP contribution in [0.2, 0.25) is 0 Å². The predicted octanol–water partition coefficient (Wildman–Crippen LogP) is -0.565. The Hall–Kier alpha value is -0.970. The number of nitrogens with one attached hydrogen (secondary N) is 1. The van der Waals surface area contributed by atoms with Gasteiger partial charge >= 0.3 is 12.0 Å². The number of methoxy groups -OCH3 is 1. The molecule has 3 N–H and O–H groups in total. The summed E-state index contributed by atoms with van der Waals surface area (Å²) >= 11 is 5.31. The number of rotatable bonds is 3. The zero-order valence-corrected chi connectivity index (χ0v) is 6.72. The minimum absolute atomic E-state index is 0.0599. The summed E-state index contributed by atoms with van der Waals surface area (Å²) < 4.78 is 4.31. The smallest absolute Gasteiger partial charge is 0.329 e. The standard InChI is InChI=1S/C5H9ClN2O3/c1-11-4(9)3(2-6)8-5(7)10/h3H,2H2,1H3,(H3,7,8,10). The quantitative estimate of drug-likeness (QED) is 0.451. The highest BCUT2D eigenvalue weighted by Crippen LogP contribution is 1.90. The lowest BCUT2D eigenvalue weighted by atomic mass is 10.3. The Labute approximate surface area is 68.8 Å². The van der Waals surface area contributed by atoms with Crippen LogP contribution < -0.4 is 11.1 Å². The highest BCUT2D eigenvalue weighted by atomic mass is 35.5. The van der Waals surface area contributed by atoms with Crippen molar-refractivity contribution in [2.24, 2.45) is 5.73 Å². The Morgan fingerprint density at radius 3 is 2.55 bits per heavy atom. The van der Waals surface area contributed by atoms with Gasteiger partial charge in [-0.1, -0.05) is 0 Å². The normalized spacial score (nSPS) is 11.8. The molecule has 0 saturated heterocycles. The molecule has 0 heterocycles. The number of carbonyl (C=O) groups excluding carboxylic acids is 2. The Morgan fingerprint density at radius 2 is 2.27 bits per heavy atom. The fourth-order valence-electron chi connectivity index (χ4n) is 0.474. The fraction of sp³-hybridized carbons (Fsp3) is 0.600. The largest absolute Gasteiger partial charge is 0.467 e. The Morgan fingerprint density at radius 1 is 1.73 bits per heavy atom. The Bertz CT molecular complexity index is 162. The van der Waals surface area contributed by atoms with Gasteiger partial charge in [-0.05, 0) is 0 Å². The molecule has 0 saturated carbocycles.